The van der Waals surface area contributed by atoms with Gasteiger partial charge >= 0.3 is 0 Å². The second-order valence-corrected chi connectivity index (χ2v) is 6.18. The van der Waals surface area contributed by atoms with Gasteiger partial charge in [0.25, 0.3) is 0 Å². The molecule has 0 aliphatic heterocycles. The van der Waals surface area contributed by atoms with E-state index in [1.165, 1.54) is 12.1 Å². The van der Waals surface area contributed by atoms with Crippen molar-refractivity contribution in [3.63, 3.8) is 0 Å². The fraction of sp³-hybridized carbons (Fsp3) is 0.238. The molecule has 146 valence electrons. The third kappa shape index (κ3) is 5.09. The van der Waals surface area contributed by atoms with Crippen LogP contribution in [0.5, 0.6) is 11.5 Å². The van der Waals surface area contributed by atoms with Crippen LogP contribution in [0, 0.1) is 12.7 Å². The summed E-state index contributed by atoms with van der Waals surface area (Å²) in [6.07, 6.45) is 0.762. The van der Waals surface area contributed by atoms with Gasteiger partial charge in [-0.05, 0) is 43.2 Å². The zero-order valence-electron chi connectivity index (χ0n) is 16.1. The monoisotopic (exact) mass is 382 g/mol. The Bertz CT molecular complexity index is 932. The molecule has 0 saturated heterocycles. The third-order valence-corrected chi connectivity index (χ3v) is 4.14. The van der Waals surface area contributed by atoms with Gasteiger partial charge in [0, 0.05) is 18.7 Å². The zero-order valence-corrected chi connectivity index (χ0v) is 16.1. The van der Waals surface area contributed by atoms with Crippen molar-refractivity contribution in [2.45, 2.75) is 13.3 Å². The van der Waals surface area contributed by atoms with Crippen LogP contribution in [0.3, 0.4) is 0 Å². The van der Waals surface area contributed by atoms with Crippen molar-refractivity contribution in [3.8, 4) is 11.5 Å². The average molecular weight is 382 g/mol. The van der Waals surface area contributed by atoms with Crippen LogP contribution in [0.4, 0.5) is 21.7 Å². The summed E-state index contributed by atoms with van der Waals surface area (Å²) in [5, 5.41) is 6.54. The van der Waals surface area contributed by atoms with Crippen molar-refractivity contribution in [1.82, 2.24) is 9.97 Å². The van der Waals surface area contributed by atoms with Crippen LogP contribution in [0.15, 0.2) is 48.5 Å². The van der Waals surface area contributed by atoms with Gasteiger partial charge in [0.1, 0.15) is 34.8 Å². The third-order valence-electron chi connectivity index (χ3n) is 4.14. The SMILES string of the molecule is COc1ccc(Nc2cc(NCCc3ccc(F)cc3)nc(C)n2)c(OC)c1. The number of benzene rings is 2. The molecule has 0 amide bonds. The number of nitrogens with one attached hydrogen (secondary N) is 2. The van der Waals surface area contributed by atoms with Gasteiger partial charge in [-0.25, -0.2) is 14.4 Å². The summed E-state index contributed by atoms with van der Waals surface area (Å²) in [6.45, 7) is 2.51. The minimum absolute atomic E-state index is 0.229. The van der Waals surface area contributed by atoms with Crippen molar-refractivity contribution in [2.75, 3.05) is 31.4 Å². The molecule has 1 heterocycles. The highest BCUT2D eigenvalue weighted by molar-refractivity contribution is 5.67. The van der Waals surface area contributed by atoms with Gasteiger partial charge < -0.3 is 20.1 Å². The van der Waals surface area contributed by atoms with E-state index in [0.717, 1.165) is 17.7 Å². The zero-order chi connectivity index (χ0) is 19.9. The van der Waals surface area contributed by atoms with Gasteiger partial charge in [0.2, 0.25) is 0 Å². The van der Waals surface area contributed by atoms with E-state index in [4.69, 9.17) is 9.47 Å². The normalized spacial score (nSPS) is 10.4. The molecule has 2 N–H and O–H groups in total. The van der Waals surface area contributed by atoms with Crippen molar-refractivity contribution < 1.29 is 13.9 Å². The first-order chi connectivity index (χ1) is 13.6. The van der Waals surface area contributed by atoms with E-state index in [9.17, 15) is 4.39 Å². The standard InChI is InChI=1S/C21H23FN4O2/c1-14-24-20(23-11-10-15-4-6-16(22)7-5-15)13-21(25-14)26-18-9-8-17(27-2)12-19(18)28-3/h4-9,12-13H,10-11H2,1-3H3,(H2,23,24,25,26). The Morgan fingerprint density at radius 2 is 1.68 bits per heavy atom. The summed E-state index contributed by atoms with van der Waals surface area (Å²) in [5.41, 5.74) is 1.83. The smallest absolute Gasteiger partial charge is 0.146 e. The van der Waals surface area contributed by atoms with Crippen molar-refractivity contribution in [1.29, 1.82) is 0 Å². The van der Waals surface area contributed by atoms with Crippen LogP contribution in [-0.2, 0) is 6.42 Å². The number of methoxy groups -OCH3 is 2. The van der Waals surface area contributed by atoms with Gasteiger partial charge in [-0.2, -0.15) is 0 Å². The maximum Gasteiger partial charge on any atom is 0.146 e. The molecule has 28 heavy (non-hydrogen) atoms. The topological polar surface area (TPSA) is 68.3 Å². The first-order valence-corrected chi connectivity index (χ1v) is 8.90. The summed E-state index contributed by atoms with van der Waals surface area (Å²) in [4.78, 5) is 8.85. The predicted octanol–water partition coefficient (Wildman–Crippen LogP) is 4.34. The quantitative estimate of drug-likeness (QED) is 0.604. The Balaban J connectivity index is 1.68. The molecule has 3 rings (SSSR count). The molecular weight excluding hydrogens is 359 g/mol. The number of ether oxygens (including phenoxy) is 2. The molecule has 1 aromatic heterocycles. The van der Waals surface area contributed by atoms with Crippen molar-refractivity contribution in [2.24, 2.45) is 0 Å². The van der Waals surface area contributed by atoms with Gasteiger partial charge in [0.05, 0.1) is 19.9 Å². The Hall–Kier alpha value is -3.35. The molecule has 0 atom stereocenters. The molecule has 3 aromatic rings. The highest BCUT2D eigenvalue weighted by Gasteiger charge is 2.08. The molecule has 0 fully saturated rings. The maximum atomic E-state index is 13.0. The number of nitrogens with zero attached hydrogens (tertiary/aromatic N) is 2. The average Bonchev–Trinajstić information content (AvgIpc) is 2.69. The van der Waals surface area contributed by atoms with Gasteiger partial charge in [0.15, 0.2) is 0 Å². The largest absolute Gasteiger partial charge is 0.497 e. The predicted molar refractivity (Wildman–Crippen MR) is 108 cm³/mol. The van der Waals surface area contributed by atoms with Crippen molar-refractivity contribution in [3.05, 3.63) is 65.7 Å². The second kappa shape index (κ2) is 9.03. The number of anilines is 3. The number of rotatable bonds is 8. The Morgan fingerprint density at radius 1 is 0.929 bits per heavy atom. The fourth-order valence-electron chi connectivity index (χ4n) is 2.75. The maximum absolute atomic E-state index is 13.0. The Kier molecular flexibility index (Phi) is 6.26. The lowest BCUT2D eigenvalue weighted by Crippen LogP contribution is -2.08. The van der Waals surface area contributed by atoms with E-state index < -0.39 is 0 Å². The molecule has 0 aliphatic carbocycles. The van der Waals surface area contributed by atoms with Crippen LogP contribution >= 0.6 is 0 Å². The minimum atomic E-state index is -0.229. The first-order valence-electron chi connectivity index (χ1n) is 8.90. The summed E-state index contributed by atoms with van der Waals surface area (Å²) in [5.74, 6) is 3.14. The van der Waals surface area contributed by atoms with Crippen LogP contribution in [0.25, 0.3) is 0 Å². The molecule has 0 unspecified atom stereocenters. The number of hydrogen-bond donors (Lipinski definition) is 2. The highest BCUT2D eigenvalue weighted by atomic mass is 19.1. The van der Waals surface area contributed by atoms with E-state index in [1.54, 1.807) is 32.4 Å². The van der Waals surface area contributed by atoms with Crippen LogP contribution in [0.1, 0.15) is 11.4 Å². The van der Waals surface area contributed by atoms with Crippen LogP contribution in [-0.4, -0.2) is 30.7 Å². The molecule has 0 aliphatic rings. The lowest BCUT2D eigenvalue weighted by Gasteiger charge is -2.13. The van der Waals surface area contributed by atoms with E-state index in [1.807, 2.05) is 25.1 Å². The Morgan fingerprint density at radius 3 is 2.39 bits per heavy atom. The molecular formula is C21H23FN4O2. The van der Waals surface area contributed by atoms with Gasteiger partial charge in [-0.1, -0.05) is 12.1 Å². The molecule has 6 nitrogen and oxygen atoms in total. The van der Waals surface area contributed by atoms with E-state index in [-0.39, 0.29) is 5.82 Å². The molecule has 0 spiro atoms. The van der Waals surface area contributed by atoms with Crippen LogP contribution in [0.2, 0.25) is 0 Å². The molecule has 0 saturated carbocycles. The van der Waals surface area contributed by atoms with E-state index >= 15 is 0 Å². The summed E-state index contributed by atoms with van der Waals surface area (Å²) in [7, 11) is 3.22. The first kappa shape index (κ1) is 19.4. The number of halogens is 1. The molecule has 0 bridgehead atoms. The molecule has 0 radical (unpaired) electrons. The second-order valence-electron chi connectivity index (χ2n) is 6.18. The lowest BCUT2D eigenvalue weighted by atomic mass is 10.1. The Labute approximate surface area is 163 Å². The minimum Gasteiger partial charge on any atom is -0.497 e. The van der Waals surface area contributed by atoms with Gasteiger partial charge in [-0.15, -0.1) is 0 Å². The number of aryl methyl sites for hydroxylation is 1. The number of aromatic nitrogens is 2. The molecule has 2 aromatic carbocycles. The van der Waals surface area contributed by atoms with Crippen molar-refractivity contribution >= 4 is 17.3 Å². The highest BCUT2D eigenvalue weighted by Crippen LogP contribution is 2.31. The fourth-order valence-corrected chi connectivity index (χ4v) is 2.75. The summed E-state index contributed by atoms with van der Waals surface area (Å²) < 4.78 is 23.6. The van der Waals surface area contributed by atoms with E-state index in [0.29, 0.717) is 35.5 Å². The molecule has 7 heteroatoms. The summed E-state index contributed by atoms with van der Waals surface area (Å²) >= 11 is 0. The lowest BCUT2D eigenvalue weighted by molar-refractivity contribution is 0.395. The number of hydrogen-bond acceptors (Lipinski definition) is 6. The summed E-state index contributed by atoms with van der Waals surface area (Å²) in [6, 6.07) is 13.9. The van der Waals surface area contributed by atoms with E-state index in [2.05, 4.69) is 20.6 Å². The van der Waals surface area contributed by atoms with Crippen LogP contribution < -0.4 is 20.1 Å². The van der Waals surface area contributed by atoms with Gasteiger partial charge in [-0.3, -0.25) is 0 Å².